The second kappa shape index (κ2) is 12.2. The van der Waals surface area contributed by atoms with Crippen molar-refractivity contribution in [2.75, 3.05) is 31.3 Å². The fraction of sp³-hybridized carbons (Fsp3) is 0.550. The van der Waals surface area contributed by atoms with Crippen LogP contribution in [0.3, 0.4) is 0 Å². The molecule has 1 aromatic carbocycles. The molecule has 2 rings (SSSR count). The first kappa shape index (κ1) is 31.8. The molecule has 210 valence electrons. The van der Waals surface area contributed by atoms with Gasteiger partial charge in [0.2, 0.25) is 11.5 Å². The Labute approximate surface area is 226 Å². The van der Waals surface area contributed by atoms with Crippen LogP contribution in [0.15, 0.2) is 4.21 Å². The number of hydrogen-bond acceptors (Lipinski definition) is 8. The smallest absolute Gasteiger partial charge is 0.424 e. The van der Waals surface area contributed by atoms with Crippen molar-refractivity contribution >= 4 is 68.3 Å². The first-order chi connectivity index (χ1) is 17.0. The second-order valence-electron chi connectivity index (χ2n) is 8.43. The summed E-state index contributed by atoms with van der Waals surface area (Å²) in [5.41, 5.74) is -1.47. The summed E-state index contributed by atoms with van der Waals surface area (Å²) in [6.07, 6.45) is -3.30. The lowest BCUT2D eigenvalue weighted by atomic mass is 10.1. The summed E-state index contributed by atoms with van der Waals surface area (Å²) in [7, 11) is -10.2. The van der Waals surface area contributed by atoms with Gasteiger partial charge in [-0.1, -0.05) is 6.92 Å². The number of ether oxygens (including phenoxy) is 3. The molecule has 0 radical (unpaired) electrons. The molecule has 1 heterocycles. The van der Waals surface area contributed by atoms with Crippen LogP contribution < -0.4 is 9.47 Å². The summed E-state index contributed by atoms with van der Waals surface area (Å²) in [6.45, 7) is 5.24. The van der Waals surface area contributed by atoms with Crippen LogP contribution in [0, 0.1) is 11.6 Å². The minimum atomic E-state index is -5.14. The molecule has 0 unspecified atom stereocenters. The number of carbonyl (C=O) groups is 1. The fourth-order valence-corrected chi connectivity index (χ4v) is 7.78. The summed E-state index contributed by atoms with van der Waals surface area (Å²) in [5.74, 6) is -3.74. The topological polar surface area (TPSA) is 140 Å². The van der Waals surface area contributed by atoms with Crippen molar-refractivity contribution in [1.82, 2.24) is 4.31 Å². The molecular weight excluding hydrogens is 602 g/mol. The largest absolute Gasteiger partial charge is 0.486 e. The molecule has 0 spiro atoms. The SMILES string of the molecule is CCc1c(S(=O)(=O)N(CP(=O)(O)O)C(=O)OC(C)(C)C)sc2c(F)c(OCCCl)c(OCCCl)c(F)c12. The van der Waals surface area contributed by atoms with Crippen molar-refractivity contribution in [2.45, 2.75) is 43.9 Å². The maximum absolute atomic E-state index is 15.7. The Balaban J connectivity index is 2.88. The van der Waals surface area contributed by atoms with Crippen LogP contribution in [0.2, 0.25) is 0 Å². The van der Waals surface area contributed by atoms with Gasteiger partial charge in [0.25, 0.3) is 10.0 Å². The predicted octanol–water partition coefficient (Wildman–Crippen LogP) is 5.04. The maximum Gasteiger partial charge on any atom is 0.424 e. The quantitative estimate of drug-likeness (QED) is 0.259. The van der Waals surface area contributed by atoms with E-state index in [-0.39, 0.29) is 52.6 Å². The van der Waals surface area contributed by atoms with Gasteiger partial charge in [0, 0.05) is 5.39 Å². The van der Waals surface area contributed by atoms with Gasteiger partial charge >= 0.3 is 13.7 Å². The number of halogens is 4. The Morgan fingerprint density at radius 3 is 2.03 bits per heavy atom. The molecule has 10 nitrogen and oxygen atoms in total. The number of fused-ring (bicyclic) bond motifs is 1. The molecule has 1 amide bonds. The van der Waals surface area contributed by atoms with E-state index in [0.717, 1.165) is 0 Å². The van der Waals surface area contributed by atoms with Gasteiger partial charge in [0.05, 0.1) is 16.5 Å². The van der Waals surface area contributed by atoms with Crippen LogP contribution in [0.25, 0.3) is 10.1 Å². The van der Waals surface area contributed by atoms with Crippen molar-refractivity contribution in [3.63, 3.8) is 0 Å². The predicted molar refractivity (Wildman–Crippen MR) is 136 cm³/mol. The highest BCUT2D eigenvalue weighted by molar-refractivity contribution is 7.92. The third-order valence-corrected chi connectivity index (χ3v) is 9.05. The van der Waals surface area contributed by atoms with E-state index in [4.69, 9.17) is 37.4 Å². The van der Waals surface area contributed by atoms with Crippen LogP contribution in [0.1, 0.15) is 33.3 Å². The minimum Gasteiger partial charge on any atom is -0.486 e. The highest BCUT2D eigenvalue weighted by Crippen LogP contribution is 2.48. The van der Waals surface area contributed by atoms with Crippen molar-refractivity contribution < 1.29 is 50.6 Å². The van der Waals surface area contributed by atoms with Crippen LogP contribution in [-0.2, 0) is 25.7 Å². The zero-order valence-corrected chi connectivity index (χ0v) is 24.3. The average molecular weight is 628 g/mol. The standard InChI is InChI=1S/C20H26Cl2F2NO9PS2/c1-5-11-12-13(23)15(32-8-6-21)16(33-9-7-22)14(24)17(12)36-18(11)37(30,31)25(10-35(27,28)29)19(26)34-20(2,3)4/h5-10H2,1-4H3,(H2,27,28,29). The number of rotatable bonds is 11. The number of hydrogen-bond donors (Lipinski definition) is 2. The summed E-state index contributed by atoms with van der Waals surface area (Å²) in [4.78, 5) is 31.7. The van der Waals surface area contributed by atoms with Gasteiger partial charge in [-0.05, 0) is 32.8 Å². The molecule has 1 aromatic heterocycles. The van der Waals surface area contributed by atoms with Crippen molar-refractivity contribution in [3.8, 4) is 11.5 Å². The van der Waals surface area contributed by atoms with Gasteiger partial charge in [0.1, 0.15) is 29.3 Å². The van der Waals surface area contributed by atoms with Gasteiger partial charge in [-0.15, -0.1) is 34.5 Å². The van der Waals surface area contributed by atoms with E-state index in [0.29, 0.717) is 0 Å². The molecule has 0 bridgehead atoms. The highest BCUT2D eigenvalue weighted by atomic mass is 35.5. The molecule has 0 saturated carbocycles. The normalized spacial score (nSPS) is 12.6. The Bertz CT molecular complexity index is 1310. The number of benzene rings is 1. The highest BCUT2D eigenvalue weighted by Gasteiger charge is 2.41. The molecule has 17 heteroatoms. The lowest BCUT2D eigenvalue weighted by Crippen LogP contribution is -2.41. The molecule has 2 aromatic rings. The Hall–Kier alpha value is -1.41. The number of nitrogens with zero attached hydrogens (tertiary/aromatic N) is 1. The van der Waals surface area contributed by atoms with E-state index < -0.39 is 73.0 Å². The van der Waals surface area contributed by atoms with E-state index in [1.54, 1.807) is 0 Å². The van der Waals surface area contributed by atoms with E-state index >= 15 is 8.78 Å². The summed E-state index contributed by atoms with van der Waals surface area (Å²) >= 11 is 11.5. The molecule has 0 aliphatic heterocycles. The molecule has 0 saturated heterocycles. The molecule has 0 atom stereocenters. The first-order valence-corrected chi connectivity index (χ1v) is 15.8. The molecule has 0 aliphatic carbocycles. The third kappa shape index (κ3) is 7.37. The number of thiophene rings is 1. The van der Waals surface area contributed by atoms with E-state index in [2.05, 4.69) is 0 Å². The zero-order chi connectivity index (χ0) is 28.3. The van der Waals surface area contributed by atoms with Gasteiger partial charge in [-0.2, -0.15) is 12.7 Å². The van der Waals surface area contributed by atoms with E-state index in [1.165, 1.54) is 27.7 Å². The number of amides is 1. The zero-order valence-electron chi connectivity index (χ0n) is 20.2. The maximum atomic E-state index is 15.7. The van der Waals surface area contributed by atoms with Gasteiger partial charge in [-0.3, -0.25) is 4.57 Å². The van der Waals surface area contributed by atoms with Crippen molar-refractivity contribution in [3.05, 3.63) is 17.2 Å². The van der Waals surface area contributed by atoms with E-state index in [9.17, 15) is 27.6 Å². The third-order valence-electron chi connectivity index (χ3n) is 4.43. The van der Waals surface area contributed by atoms with Crippen molar-refractivity contribution in [1.29, 1.82) is 0 Å². The van der Waals surface area contributed by atoms with Crippen molar-refractivity contribution in [2.24, 2.45) is 0 Å². The fourth-order valence-electron chi connectivity index (χ4n) is 3.13. The molecule has 0 fully saturated rings. The Morgan fingerprint density at radius 1 is 1.08 bits per heavy atom. The summed E-state index contributed by atoms with van der Waals surface area (Å²) in [5, 5.41) is -0.452. The van der Waals surface area contributed by atoms with Gasteiger partial charge < -0.3 is 24.0 Å². The number of sulfonamides is 1. The first-order valence-electron chi connectivity index (χ1n) is 10.6. The van der Waals surface area contributed by atoms with E-state index in [1.807, 2.05) is 0 Å². The molecular formula is C20H26Cl2F2NO9PS2. The molecule has 2 N–H and O–H groups in total. The molecule has 37 heavy (non-hydrogen) atoms. The number of alkyl halides is 2. The van der Waals surface area contributed by atoms with Gasteiger partial charge in [0.15, 0.2) is 11.6 Å². The number of aryl methyl sites for hydroxylation is 1. The Kier molecular flexibility index (Phi) is 10.5. The summed E-state index contributed by atoms with van der Waals surface area (Å²) in [6, 6.07) is 0. The lowest BCUT2D eigenvalue weighted by Gasteiger charge is -2.27. The van der Waals surface area contributed by atoms with Crippen LogP contribution >= 0.6 is 42.1 Å². The monoisotopic (exact) mass is 627 g/mol. The Morgan fingerprint density at radius 2 is 1.59 bits per heavy atom. The molecule has 0 aliphatic rings. The average Bonchev–Trinajstić information content (AvgIpc) is 3.17. The van der Waals surface area contributed by atoms with Crippen LogP contribution in [-0.4, -0.2) is 65.5 Å². The number of carbonyl (C=O) groups excluding carboxylic acids is 1. The summed E-state index contributed by atoms with van der Waals surface area (Å²) < 4.78 is 84.3. The van der Waals surface area contributed by atoms with Crippen LogP contribution in [0.5, 0.6) is 11.5 Å². The van der Waals surface area contributed by atoms with Crippen LogP contribution in [0.4, 0.5) is 13.6 Å². The lowest BCUT2D eigenvalue weighted by molar-refractivity contribution is 0.0404. The van der Waals surface area contributed by atoms with Gasteiger partial charge in [-0.25, -0.2) is 13.6 Å². The minimum absolute atomic E-state index is 0.0778. The second-order valence-corrected chi connectivity index (χ2v) is 13.9.